The maximum absolute atomic E-state index is 11.6. The Balaban J connectivity index is 0.000000754. The second-order valence-corrected chi connectivity index (χ2v) is 4.08. The van der Waals surface area contributed by atoms with E-state index in [9.17, 15) is 14.4 Å². The van der Waals surface area contributed by atoms with Crippen molar-refractivity contribution in [1.29, 1.82) is 0 Å². The van der Waals surface area contributed by atoms with E-state index in [1.165, 1.54) is 25.3 Å². The van der Waals surface area contributed by atoms with Crippen LogP contribution in [0, 0.1) is 0 Å². The largest absolute Gasteiger partial charge is 0.466 e. The highest BCUT2D eigenvalue weighted by Gasteiger charge is 2.11. The van der Waals surface area contributed by atoms with Gasteiger partial charge in [-0.05, 0) is 18.2 Å². The first-order valence-corrected chi connectivity index (χ1v) is 6.86. The van der Waals surface area contributed by atoms with Crippen LogP contribution >= 0.6 is 0 Å². The predicted octanol–water partition coefficient (Wildman–Crippen LogP) is 2.72. The van der Waals surface area contributed by atoms with Crippen LogP contribution in [0.15, 0.2) is 62.2 Å². The minimum atomic E-state index is -0.506. The summed E-state index contributed by atoms with van der Waals surface area (Å²) in [6.45, 7) is 10.3. The van der Waals surface area contributed by atoms with Crippen molar-refractivity contribution in [1.82, 2.24) is 0 Å². The third kappa shape index (κ3) is 8.33. The van der Waals surface area contributed by atoms with E-state index in [0.29, 0.717) is 11.1 Å². The van der Waals surface area contributed by atoms with Crippen LogP contribution in [0.5, 0.6) is 0 Å². The molecular formula is C18H20O6. The van der Waals surface area contributed by atoms with E-state index in [1.54, 1.807) is 18.2 Å². The van der Waals surface area contributed by atoms with Crippen molar-refractivity contribution in [3.8, 4) is 0 Å². The molecule has 1 aromatic rings. The molecule has 0 aromatic heterocycles. The first-order chi connectivity index (χ1) is 11.5. The fourth-order valence-corrected chi connectivity index (χ4v) is 1.29. The van der Waals surface area contributed by atoms with E-state index < -0.39 is 17.9 Å². The summed E-state index contributed by atoms with van der Waals surface area (Å²) in [4.78, 5) is 32.9. The number of carbonyl (C=O) groups excluding carboxylic acids is 3. The molecule has 24 heavy (non-hydrogen) atoms. The van der Waals surface area contributed by atoms with Gasteiger partial charge in [0.05, 0.1) is 18.2 Å². The van der Waals surface area contributed by atoms with Crippen LogP contribution < -0.4 is 0 Å². The lowest BCUT2D eigenvalue weighted by Crippen LogP contribution is -2.09. The summed E-state index contributed by atoms with van der Waals surface area (Å²) in [5.74, 6) is -1.41. The summed E-state index contributed by atoms with van der Waals surface area (Å²) < 4.78 is 13.9. The fourth-order valence-electron chi connectivity index (χ4n) is 1.29. The summed E-state index contributed by atoms with van der Waals surface area (Å²) in [5, 5.41) is 0. The molecule has 0 N–H and O–H groups in total. The highest BCUT2D eigenvalue weighted by atomic mass is 16.5. The lowest BCUT2D eigenvalue weighted by molar-refractivity contribution is -0.134. The molecule has 0 saturated heterocycles. The van der Waals surface area contributed by atoms with Crippen LogP contribution in [0.4, 0.5) is 0 Å². The second kappa shape index (κ2) is 12.4. The van der Waals surface area contributed by atoms with Gasteiger partial charge in [0.15, 0.2) is 0 Å². The third-order valence-electron chi connectivity index (χ3n) is 2.37. The highest BCUT2D eigenvalue weighted by molar-refractivity contribution is 5.95. The molecule has 0 radical (unpaired) electrons. The molecule has 6 nitrogen and oxygen atoms in total. The Kier molecular flexibility index (Phi) is 10.8. The molecule has 128 valence electrons. The zero-order valence-corrected chi connectivity index (χ0v) is 13.5. The second-order valence-electron chi connectivity index (χ2n) is 4.08. The lowest BCUT2D eigenvalue weighted by Gasteiger charge is -2.05. The van der Waals surface area contributed by atoms with E-state index >= 15 is 0 Å². The Hall–Kier alpha value is -3.15. The van der Waals surface area contributed by atoms with Gasteiger partial charge < -0.3 is 14.2 Å². The third-order valence-corrected chi connectivity index (χ3v) is 2.37. The molecule has 0 atom stereocenters. The number of hydrogen-bond donors (Lipinski definition) is 0. The molecule has 6 heteroatoms. The Morgan fingerprint density at radius 3 is 1.71 bits per heavy atom. The van der Waals surface area contributed by atoms with Crippen molar-refractivity contribution in [2.24, 2.45) is 0 Å². The molecule has 1 rings (SSSR count). The number of benzene rings is 1. The van der Waals surface area contributed by atoms with Gasteiger partial charge in [0.1, 0.15) is 13.2 Å². The first kappa shape index (κ1) is 20.9. The molecule has 1 aromatic carbocycles. The van der Waals surface area contributed by atoms with Gasteiger partial charge in [-0.15, -0.1) is 0 Å². The summed E-state index contributed by atoms with van der Waals surface area (Å²) in [6.07, 6.45) is 4.06. The van der Waals surface area contributed by atoms with Crippen LogP contribution in [-0.2, 0) is 19.0 Å². The fraction of sp³-hybridized carbons (Fsp3) is 0.167. The van der Waals surface area contributed by atoms with Crippen molar-refractivity contribution in [2.75, 3.05) is 20.3 Å². The molecule has 0 aliphatic rings. The quantitative estimate of drug-likeness (QED) is 0.331. The van der Waals surface area contributed by atoms with Crippen molar-refractivity contribution in [3.63, 3.8) is 0 Å². The SMILES string of the molecule is C=CC(=O)OC.C=CCOC(=O)c1cccc(C(=O)OCC=C)c1. The highest BCUT2D eigenvalue weighted by Crippen LogP contribution is 2.08. The topological polar surface area (TPSA) is 78.9 Å². The van der Waals surface area contributed by atoms with Crippen molar-refractivity contribution in [2.45, 2.75) is 0 Å². The number of hydrogen-bond acceptors (Lipinski definition) is 6. The van der Waals surface area contributed by atoms with Gasteiger partial charge in [0.25, 0.3) is 0 Å². The Morgan fingerprint density at radius 2 is 1.42 bits per heavy atom. The molecule has 0 unspecified atom stereocenters. The van der Waals surface area contributed by atoms with Crippen molar-refractivity contribution in [3.05, 3.63) is 73.4 Å². The van der Waals surface area contributed by atoms with E-state index in [4.69, 9.17) is 9.47 Å². The minimum Gasteiger partial charge on any atom is -0.466 e. The molecule has 0 bridgehead atoms. The molecule has 0 aliphatic carbocycles. The zero-order chi connectivity index (χ0) is 18.4. The summed E-state index contributed by atoms with van der Waals surface area (Å²) in [7, 11) is 1.31. The van der Waals surface area contributed by atoms with Crippen LogP contribution in [0.3, 0.4) is 0 Å². The van der Waals surface area contributed by atoms with Gasteiger partial charge >= 0.3 is 17.9 Å². The summed E-state index contributed by atoms with van der Waals surface area (Å²) in [6, 6.07) is 6.15. The average Bonchev–Trinajstić information content (AvgIpc) is 2.63. The van der Waals surface area contributed by atoms with E-state index in [1.807, 2.05) is 0 Å². The lowest BCUT2D eigenvalue weighted by atomic mass is 10.1. The Labute approximate surface area is 141 Å². The van der Waals surface area contributed by atoms with Crippen molar-refractivity contribution < 1.29 is 28.6 Å². The summed E-state index contributed by atoms with van der Waals surface area (Å²) in [5.41, 5.74) is 0.592. The molecular weight excluding hydrogens is 312 g/mol. The molecule has 0 spiro atoms. The van der Waals surface area contributed by atoms with E-state index in [-0.39, 0.29) is 13.2 Å². The van der Waals surface area contributed by atoms with Gasteiger partial charge in [0.2, 0.25) is 0 Å². The van der Waals surface area contributed by atoms with Crippen molar-refractivity contribution >= 4 is 17.9 Å². The number of esters is 3. The van der Waals surface area contributed by atoms with Gasteiger partial charge in [-0.3, -0.25) is 0 Å². The monoisotopic (exact) mass is 332 g/mol. The number of rotatable bonds is 7. The Morgan fingerprint density at radius 1 is 0.958 bits per heavy atom. The zero-order valence-electron chi connectivity index (χ0n) is 13.5. The summed E-state index contributed by atoms with van der Waals surface area (Å²) >= 11 is 0. The molecule has 0 fully saturated rings. The maximum atomic E-state index is 11.6. The molecule has 0 amide bonds. The van der Waals surface area contributed by atoms with E-state index in [2.05, 4.69) is 24.5 Å². The standard InChI is InChI=1S/C14H14O4.C4H6O2/c1-3-8-17-13(15)11-6-5-7-12(10-11)14(16)18-9-4-2;1-3-4(5)6-2/h3-7,10H,1-2,8-9H2;3H,1H2,2H3. The van der Waals surface area contributed by atoms with Crippen LogP contribution in [0.25, 0.3) is 0 Å². The van der Waals surface area contributed by atoms with Gasteiger partial charge in [-0.1, -0.05) is 38.0 Å². The predicted molar refractivity (Wildman–Crippen MR) is 89.6 cm³/mol. The Bertz CT molecular complexity index is 564. The number of ether oxygens (including phenoxy) is 3. The van der Waals surface area contributed by atoms with E-state index in [0.717, 1.165) is 6.08 Å². The smallest absolute Gasteiger partial charge is 0.338 e. The van der Waals surface area contributed by atoms with Crippen LogP contribution in [0.1, 0.15) is 20.7 Å². The normalized spacial score (nSPS) is 8.71. The number of methoxy groups -OCH3 is 1. The first-order valence-electron chi connectivity index (χ1n) is 6.86. The van der Waals surface area contributed by atoms with Gasteiger partial charge in [-0.25, -0.2) is 14.4 Å². The average molecular weight is 332 g/mol. The molecule has 0 heterocycles. The van der Waals surface area contributed by atoms with Crippen LogP contribution in [-0.4, -0.2) is 38.2 Å². The van der Waals surface area contributed by atoms with Gasteiger partial charge in [0, 0.05) is 6.08 Å². The van der Waals surface area contributed by atoms with Crippen LogP contribution in [0.2, 0.25) is 0 Å². The maximum Gasteiger partial charge on any atom is 0.338 e. The molecule has 0 saturated carbocycles. The van der Waals surface area contributed by atoms with Gasteiger partial charge in [-0.2, -0.15) is 0 Å². The minimum absolute atomic E-state index is 0.129. The molecule has 0 aliphatic heterocycles. The number of carbonyl (C=O) groups is 3.